The molecule has 0 bridgehead atoms. The Kier molecular flexibility index (Phi) is 2.41. The number of likely N-dealkylation sites (N-methyl/N-ethyl adjacent to an activating group) is 1. The summed E-state index contributed by atoms with van der Waals surface area (Å²) in [7, 11) is 2.16. The molecule has 2 rings (SSSR count). The molecule has 0 saturated carbocycles. The lowest BCUT2D eigenvalue weighted by Crippen LogP contribution is -2.23. The summed E-state index contributed by atoms with van der Waals surface area (Å²) in [6.07, 6.45) is 1.11. The van der Waals surface area contributed by atoms with Crippen LogP contribution in [-0.4, -0.2) is 24.5 Å². The Balaban J connectivity index is 2.17. The van der Waals surface area contributed by atoms with E-state index >= 15 is 0 Å². The van der Waals surface area contributed by atoms with E-state index in [9.17, 15) is 0 Å². The molecule has 0 spiro atoms. The first-order valence-electron chi connectivity index (χ1n) is 4.69. The first-order chi connectivity index (χ1) is 6.16. The third-order valence-electron chi connectivity index (χ3n) is 2.67. The molecule has 0 aromatic carbocycles. The maximum atomic E-state index is 5.92. The van der Waals surface area contributed by atoms with E-state index in [1.807, 2.05) is 11.3 Å². The molecular formula is C10H16N2S. The number of likely N-dealkylation sites (tertiary alicyclic amines) is 1. The van der Waals surface area contributed by atoms with E-state index in [4.69, 9.17) is 5.73 Å². The molecule has 2 nitrogen and oxygen atoms in total. The fraction of sp³-hybridized carbons (Fsp3) is 0.600. The van der Waals surface area contributed by atoms with Gasteiger partial charge in [0.25, 0.3) is 0 Å². The van der Waals surface area contributed by atoms with E-state index in [1.54, 1.807) is 0 Å². The highest BCUT2D eigenvalue weighted by Crippen LogP contribution is 2.33. The zero-order chi connectivity index (χ0) is 9.42. The van der Waals surface area contributed by atoms with Crippen LogP contribution in [-0.2, 0) is 0 Å². The number of hydrogen-bond donors (Lipinski definition) is 1. The van der Waals surface area contributed by atoms with Crippen molar-refractivity contribution in [2.45, 2.75) is 25.4 Å². The average Bonchev–Trinajstić information content (AvgIpc) is 2.58. The summed E-state index contributed by atoms with van der Waals surface area (Å²) in [5, 5.41) is 0. The van der Waals surface area contributed by atoms with Crippen LogP contribution in [0.25, 0.3) is 0 Å². The van der Waals surface area contributed by atoms with Crippen LogP contribution in [0, 0.1) is 6.92 Å². The molecule has 1 saturated heterocycles. The third-order valence-corrected chi connectivity index (χ3v) is 3.77. The Morgan fingerprint density at radius 3 is 2.77 bits per heavy atom. The molecule has 0 amide bonds. The van der Waals surface area contributed by atoms with E-state index < -0.39 is 0 Å². The molecule has 1 aromatic rings. The van der Waals surface area contributed by atoms with Gasteiger partial charge in [0.2, 0.25) is 0 Å². The van der Waals surface area contributed by atoms with Crippen LogP contribution >= 0.6 is 11.3 Å². The van der Waals surface area contributed by atoms with Crippen molar-refractivity contribution in [3.8, 4) is 0 Å². The fourth-order valence-electron chi connectivity index (χ4n) is 2.00. The largest absolute Gasteiger partial charge is 0.326 e. The second kappa shape index (κ2) is 3.40. The Morgan fingerprint density at radius 1 is 1.54 bits per heavy atom. The second-order valence-electron chi connectivity index (χ2n) is 3.90. The highest BCUT2D eigenvalue weighted by Gasteiger charge is 2.28. The molecule has 1 aliphatic heterocycles. The maximum Gasteiger partial charge on any atom is 0.0454 e. The second-order valence-corrected chi connectivity index (χ2v) is 5.22. The minimum absolute atomic E-state index is 0.359. The Morgan fingerprint density at radius 2 is 2.31 bits per heavy atom. The molecule has 72 valence electrons. The monoisotopic (exact) mass is 196 g/mol. The molecule has 2 atom stereocenters. The molecule has 0 aliphatic carbocycles. The van der Waals surface area contributed by atoms with Gasteiger partial charge >= 0.3 is 0 Å². The van der Waals surface area contributed by atoms with Crippen molar-refractivity contribution in [2.24, 2.45) is 5.73 Å². The van der Waals surface area contributed by atoms with Crippen LogP contribution in [0.4, 0.5) is 0 Å². The van der Waals surface area contributed by atoms with E-state index in [0.29, 0.717) is 12.1 Å². The summed E-state index contributed by atoms with van der Waals surface area (Å²) in [5.41, 5.74) is 5.92. The third kappa shape index (κ3) is 1.77. The van der Waals surface area contributed by atoms with Gasteiger partial charge in [-0.05, 0) is 32.5 Å². The van der Waals surface area contributed by atoms with Crippen LogP contribution < -0.4 is 5.73 Å². The minimum Gasteiger partial charge on any atom is -0.326 e. The van der Waals surface area contributed by atoms with Crippen LogP contribution in [0.15, 0.2) is 12.1 Å². The molecule has 2 unspecified atom stereocenters. The topological polar surface area (TPSA) is 29.3 Å². The minimum atomic E-state index is 0.359. The Hall–Kier alpha value is -0.380. The van der Waals surface area contributed by atoms with Crippen molar-refractivity contribution in [3.63, 3.8) is 0 Å². The SMILES string of the molecule is Cc1ccc(C2CC(N)CN2C)s1. The first kappa shape index (κ1) is 9.19. The van der Waals surface area contributed by atoms with Crippen molar-refractivity contribution in [1.29, 1.82) is 0 Å². The van der Waals surface area contributed by atoms with Crippen molar-refractivity contribution in [3.05, 3.63) is 21.9 Å². The van der Waals surface area contributed by atoms with Gasteiger partial charge < -0.3 is 5.73 Å². The van der Waals surface area contributed by atoms with Gasteiger partial charge in [-0.2, -0.15) is 0 Å². The zero-order valence-electron chi connectivity index (χ0n) is 8.16. The van der Waals surface area contributed by atoms with E-state index in [-0.39, 0.29) is 0 Å². The smallest absolute Gasteiger partial charge is 0.0454 e. The summed E-state index contributed by atoms with van der Waals surface area (Å²) in [4.78, 5) is 5.22. The van der Waals surface area contributed by atoms with Gasteiger partial charge in [-0.25, -0.2) is 0 Å². The quantitative estimate of drug-likeness (QED) is 0.741. The predicted octanol–water partition coefficient (Wildman–Crippen LogP) is 1.76. The first-order valence-corrected chi connectivity index (χ1v) is 5.50. The number of nitrogens with zero attached hydrogens (tertiary/aromatic N) is 1. The van der Waals surface area contributed by atoms with Crippen LogP contribution in [0.2, 0.25) is 0 Å². The molecule has 2 heterocycles. The van der Waals surface area contributed by atoms with Gasteiger partial charge in [0.1, 0.15) is 0 Å². The fourth-order valence-corrected chi connectivity index (χ4v) is 3.06. The maximum absolute atomic E-state index is 5.92. The highest BCUT2D eigenvalue weighted by atomic mass is 32.1. The molecule has 1 aliphatic rings. The van der Waals surface area contributed by atoms with E-state index in [1.165, 1.54) is 9.75 Å². The number of aryl methyl sites for hydroxylation is 1. The molecule has 0 radical (unpaired) electrons. The summed E-state index contributed by atoms with van der Waals surface area (Å²) in [6, 6.07) is 5.35. The van der Waals surface area contributed by atoms with Crippen LogP contribution in [0.3, 0.4) is 0 Å². The van der Waals surface area contributed by atoms with Gasteiger partial charge in [-0.15, -0.1) is 11.3 Å². The molecule has 2 N–H and O–H groups in total. The van der Waals surface area contributed by atoms with Gasteiger partial charge in [0, 0.05) is 28.4 Å². The van der Waals surface area contributed by atoms with Gasteiger partial charge in [0.05, 0.1) is 0 Å². The molecule has 13 heavy (non-hydrogen) atoms. The van der Waals surface area contributed by atoms with Gasteiger partial charge in [0.15, 0.2) is 0 Å². The van der Waals surface area contributed by atoms with Gasteiger partial charge in [-0.1, -0.05) is 0 Å². The lowest BCUT2D eigenvalue weighted by atomic mass is 10.1. The summed E-state index contributed by atoms with van der Waals surface area (Å²) in [5.74, 6) is 0. The number of thiophene rings is 1. The van der Waals surface area contributed by atoms with Gasteiger partial charge in [-0.3, -0.25) is 4.90 Å². The van der Waals surface area contributed by atoms with E-state index in [2.05, 4.69) is 31.0 Å². The van der Waals surface area contributed by atoms with Crippen molar-refractivity contribution in [1.82, 2.24) is 4.90 Å². The predicted molar refractivity (Wildman–Crippen MR) is 57.0 cm³/mol. The lowest BCUT2D eigenvalue weighted by Gasteiger charge is -2.16. The Labute approximate surface area is 83.4 Å². The van der Waals surface area contributed by atoms with Crippen molar-refractivity contribution in [2.75, 3.05) is 13.6 Å². The number of rotatable bonds is 1. The summed E-state index contributed by atoms with van der Waals surface area (Å²) < 4.78 is 0. The average molecular weight is 196 g/mol. The van der Waals surface area contributed by atoms with Crippen LogP contribution in [0.5, 0.6) is 0 Å². The van der Waals surface area contributed by atoms with Crippen molar-refractivity contribution >= 4 is 11.3 Å². The number of nitrogens with two attached hydrogens (primary N) is 1. The lowest BCUT2D eigenvalue weighted by molar-refractivity contribution is 0.320. The standard InChI is InChI=1S/C10H16N2S/c1-7-3-4-10(13-7)9-5-8(11)6-12(9)2/h3-4,8-9H,5-6,11H2,1-2H3. The number of hydrogen-bond acceptors (Lipinski definition) is 3. The van der Waals surface area contributed by atoms with Crippen molar-refractivity contribution < 1.29 is 0 Å². The van der Waals surface area contributed by atoms with E-state index in [0.717, 1.165) is 13.0 Å². The molecular weight excluding hydrogens is 180 g/mol. The zero-order valence-corrected chi connectivity index (χ0v) is 8.97. The highest BCUT2D eigenvalue weighted by molar-refractivity contribution is 7.12. The molecule has 3 heteroatoms. The Bertz CT molecular complexity index is 295. The molecule has 1 fully saturated rings. The normalized spacial score (nSPS) is 29.8. The molecule has 1 aromatic heterocycles. The van der Waals surface area contributed by atoms with Crippen LogP contribution in [0.1, 0.15) is 22.2 Å². The summed E-state index contributed by atoms with van der Waals surface area (Å²) in [6.45, 7) is 3.19. The summed E-state index contributed by atoms with van der Waals surface area (Å²) >= 11 is 1.89.